The first kappa shape index (κ1) is 21.3. The molecule has 0 saturated heterocycles. The van der Waals surface area contributed by atoms with Gasteiger partial charge in [-0.15, -0.1) is 0 Å². The van der Waals surface area contributed by atoms with Gasteiger partial charge in [-0.1, -0.05) is 35.9 Å². The number of carbonyl (C=O) groups is 2. The molecule has 5 nitrogen and oxygen atoms in total. The average molecular weight is 471 g/mol. The molecule has 1 unspecified atom stereocenters. The molecule has 160 valence electrons. The Hall–Kier alpha value is -0.890. The zero-order valence-electron chi connectivity index (χ0n) is 16.9. The van der Waals surface area contributed by atoms with Crippen LogP contribution in [0.1, 0.15) is 40.0 Å². The lowest BCUT2D eigenvalue weighted by Gasteiger charge is -2.63. The van der Waals surface area contributed by atoms with E-state index in [2.05, 4.69) is 15.9 Å². The highest BCUT2D eigenvalue weighted by Crippen LogP contribution is 2.71. The lowest BCUT2D eigenvalue weighted by Crippen LogP contribution is -2.70. The van der Waals surface area contributed by atoms with Crippen LogP contribution in [-0.4, -0.2) is 55.7 Å². The predicted molar refractivity (Wildman–Crippen MR) is 108 cm³/mol. The summed E-state index contributed by atoms with van der Waals surface area (Å²) >= 11 is 3.63. The molecule has 4 aliphatic carbocycles. The quantitative estimate of drug-likeness (QED) is 0.538. The standard InChI is InChI=1S/C22H28BrFO5/c1-11-6-13-14-8-16(23)15-7-12(26)4-5-19(15,2)21(14,24)17(27)9-20(13,3)22(11,29)18(28)10-25/h4-5,7,11,13-14,16-17,25,27,29H,6,8-10H2,1-3H3/t11-,13-,14-,16-,17-,19-,20-,21?,22-/m0/s1. The van der Waals surface area contributed by atoms with Gasteiger partial charge in [0, 0.05) is 21.6 Å². The van der Waals surface area contributed by atoms with Crippen LogP contribution in [0.4, 0.5) is 4.39 Å². The minimum Gasteiger partial charge on any atom is -0.390 e. The number of hydrogen-bond acceptors (Lipinski definition) is 5. The van der Waals surface area contributed by atoms with E-state index in [1.165, 1.54) is 12.2 Å². The van der Waals surface area contributed by atoms with Gasteiger partial charge in [0.25, 0.3) is 0 Å². The van der Waals surface area contributed by atoms with Crippen molar-refractivity contribution in [3.05, 3.63) is 23.8 Å². The van der Waals surface area contributed by atoms with Gasteiger partial charge in [-0.3, -0.25) is 9.59 Å². The number of Topliss-reactive ketones (excluding diaryl/α,β-unsaturated/α-hetero) is 1. The van der Waals surface area contributed by atoms with Gasteiger partial charge < -0.3 is 15.3 Å². The number of rotatable bonds is 2. The third kappa shape index (κ3) is 2.31. The summed E-state index contributed by atoms with van der Waals surface area (Å²) in [4.78, 5) is 24.3. The number of hydrogen-bond donors (Lipinski definition) is 3. The summed E-state index contributed by atoms with van der Waals surface area (Å²) in [6.45, 7) is 4.43. The molecule has 4 rings (SSSR count). The molecule has 0 heterocycles. The normalized spacial score (nSPS) is 53.7. The van der Waals surface area contributed by atoms with Crippen molar-refractivity contribution in [1.82, 2.24) is 0 Å². The Morgan fingerprint density at radius 3 is 2.59 bits per heavy atom. The third-order valence-corrected chi connectivity index (χ3v) is 9.65. The van der Waals surface area contributed by atoms with Crippen LogP contribution < -0.4 is 0 Å². The maximum Gasteiger partial charge on any atom is 0.190 e. The number of fused-ring (bicyclic) bond motifs is 5. The number of carbonyl (C=O) groups excluding carboxylic acids is 2. The lowest BCUT2D eigenvalue weighted by atomic mass is 9.44. The first-order valence-electron chi connectivity index (χ1n) is 10.2. The Balaban J connectivity index is 1.87. The number of ketones is 2. The fraction of sp³-hybridized carbons (Fsp3) is 0.727. The van der Waals surface area contributed by atoms with Crippen LogP contribution >= 0.6 is 15.9 Å². The second-order valence-corrected chi connectivity index (χ2v) is 10.9. The second-order valence-electron chi connectivity index (χ2n) is 9.84. The van der Waals surface area contributed by atoms with E-state index in [-0.39, 0.29) is 22.9 Å². The Bertz CT molecular complexity index is 841. The van der Waals surface area contributed by atoms with Crippen LogP contribution in [0.25, 0.3) is 0 Å². The van der Waals surface area contributed by atoms with E-state index in [1.807, 2.05) is 0 Å². The van der Waals surface area contributed by atoms with E-state index in [0.29, 0.717) is 18.4 Å². The van der Waals surface area contributed by atoms with Crippen molar-refractivity contribution >= 4 is 27.5 Å². The molecule has 0 amide bonds. The van der Waals surface area contributed by atoms with Gasteiger partial charge in [-0.2, -0.15) is 0 Å². The molecule has 0 spiro atoms. The summed E-state index contributed by atoms with van der Waals surface area (Å²) in [6.07, 6.45) is 3.65. The monoisotopic (exact) mass is 470 g/mol. The van der Waals surface area contributed by atoms with E-state index in [4.69, 9.17) is 0 Å². The van der Waals surface area contributed by atoms with Gasteiger partial charge in [0.1, 0.15) is 12.2 Å². The third-order valence-electron chi connectivity index (χ3n) is 8.78. The van der Waals surface area contributed by atoms with Crippen LogP contribution in [0.5, 0.6) is 0 Å². The van der Waals surface area contributed by atoms with Crippen molar-refractivity contribution in [3.63, 3.8) is 0 Å². The summed E-state index contributed by atoms with van der Waals surface area (Å²) in [7, 11) is 0. The fourth-order valence-corrected chi connectivity index (χ4v) is 8.26. The smallest absolute Gasteiger partial charge is 0.190 e. The average Bonchev–Trinajstić information content (AvgIpc) is 2.86. The number of halogens is 2. The second kappa shape index (κ2) is 6.31. The number of alkyl halides is 2. The molecule has 0 bridgehead atoms. The topological polar surface area (TPSA) is 94.8 Å². The highest BCUT2D eigenvalue weighted by molar-refractivity contribution is 9.09. The van der Waals surface area contributed by atoms with Crippen molar-refractivity contribution < 1.29 is 29.3 Å². The molecule has 3 N–H and O–H groups in total. The molecule has 3 fully saturated rings. The summed E-state index contributed by atoms with van der Waals surface area (Å²) < 4.78 is 17.0. The molecule has 9 atom stereocenters. The van der Waals surface area contributed by atoms with Crippen LogP contribution in [0, 0.1) is 28.6 Å². The Kier molecular flexibility index (Phi) is 4.65. The predicted octanol–water partition coefficient (Wildman–Crippen LogP) is 2.27. The van der Waals surface area contributed by atoms with E-state index in [0.717, 1.165) is 0 Å². The minimum atomic E-state index is -2.03. The molecule has 29 heavy (non-hydrogen) atoms. The molecule has 0 aromatic carbocycles. The van der Waals surface area contributed by atoms with Crippen molar-refractivity contribution in [2.75, 3.05) is 6.61 Å². The maximum atomic E-state index is 17.0. The van der Waals surface area contributed by atoms with Gasteiger partial charge >= 0.3 is 0 Å². The lowest BCUT2D eigenvalue weighted by molar-refractivity contribution is -0.218. The fourth-order valence-electron chi connectivity index (χ4n) is 7.25. The Labute approximate surface area is 178 Å². The van der Waals surface area contributed by atoms with Gasteiger partial charge in [0.2, 0.25) is 0 Å². The molecule has 7 heteroatoms. The molecule has 0 aliphatic heterocycles. The summed E-state index contributed by atoms with van der Waals surface area (Å²) in [5.74, 6) is -2.31. The number of aliphatic hydroxyl groups excluding tert-OH is 2. The summed E-state index contributed by atoms with van der Waals surface area (Å²) in [5.41, 5.74) is -5.43. The Morgan fingerprint density at radius 2 is 1.97 bits per heavy atom. The van der Waals surface area contributed by atoms with Crippen molar-refractivity contribution in [2.24, 2.45) is 28.6 Å². The van der Waals surface area contributed by atoms with Crippen LogP contribution in [0.3, 0.4) is 0 Å². The van der Waals surface area contributed by atoms with E-state index in [9.17, 15) is 24.9 Å². The molecule has 4 aliphatic rings. The maximum absolute atomic E-state index is 17.0. The number of allylic oxidation sites excluding steroid dienone is 4. The van der Waals surface area contributed by atoms with E-state index >= 15 is 4.39 Å². The van der Waals surface area contributed by atoms with Gasteiger partial charge in [0.15, 0.2) is 17.2 Å². The van der Waals surface area contributed by atoms with Crippen LogP contribution in [0.15, 0.2) is 23.8 Å². The number of aliphatic hydroxyl groups is 3. The highest BCUT2D eigenvalue weighted by atomic mass is 79.9. The SMILES string of the molecule is C[C@H]1C[C@H]2[C@@H]3C[C@H](Br)C4=CC(=O)C=C[C@]4(C)C3(F)[C@@H](O)C[C@]2(C)[C@@]1(O)C(=O)CO. The molecule has 3 saturated carbocycles. The zero-order valence-corrected chi connectivity index (χ0v) is 18.4. The molecular formula is C22H28BrFO5. The zero-order chi connectivity index (χ0) is 21.6. The Morgan fingerprint density at radius 1 is 1.31 bits per heavy atom. The van der Waals surface area contributed by atoms with Crippen LogP contribution in [0.2, 0.25) is 0 Å². The summed E-state index contributed by atoms with van der Waals surface area (Å²) in [5, 5.41) is 32.1. The van der Waals surface area contributed by atoms with Gasteiger partial charge in [0.05, 0.1) is 6.10 Å². The van der Waals surface area contributed by atoms with E-state index < -0.39 is 52.4 Å². The highest BCUT2D eigenvalue weighted by Gasteiger charge is 2.76. The summed E-state index contributed by atoms with van der Waals surface area (Å²) in [6, 6.07) is 0. The molecular weight excluding hydrogens is 443 g/mol. The molecule has 0 aromatic heterocycles. The van der Waals surface area contributed by atoms with Crippen molar-refractivity contribution in [3.8, 4) is 0 Å². The van der Waals surface area contributed by atoms with E-state index in [1.54, 1.807) is 26.8 Å². The van der Waals surface area contributed by atoms with Crippen LogP contribution in [-0.2, 0) is 9.59 Å². The first-order chi connectivity index (χ1) is 13.4. The van der Waals surface area contributed by atoms with Gasteiger partial charge in [-0.05, 0) is 55.7 Å². The van der Waals surface area contributed by atoms with Gasteiger partial charge in [-0.25, -0.2) is 4.39 Å². The first-order valence-corrected chi connectivity index (χ1v) is 11.1. The van der Waals surface area contributed by atoms with Crippen molar-refractivity contribution in [1.29, 1.82) is 0 Å². The molecule has 0 aromatic rings. The van der Waals surface area contributed by atoms with Crippen molar-refractivity contribution in [2.45, 2.75) is 62.2 Å². The molecule has 0 radical (unpaired) electrons. The minimum absolute atomic E-state index is 0.0884. The largest absolute Gasteiger partial charge is 0.390 e.